The number of alkyl halides is 6. The molecule has 56 heavy (non-hydrogen) atoms. The number of aromatic nitrogens is 2. The van der Waals surface area contributed by atoms with Gasteiger partial charge < -0.3 is 9.11 Å². The maximum absolute atomic E-state index is 10.7. The van der Waals surface area contributed by atoms with Crippen molar-refractivity contribution < 1.29 is 61.4 Å². The number of halogens is 8. The number of benzene rings is 1. The zero-order chi connectivity index (χ0) is 41.4. The van der Waals surface area contributed by atoms with E-state index in [1.54, 1.807) is 22.7 Å². The third-order valence-electron chi connectivity index (χ3n) is 8.82. The van der Waals surface area contributed by atoms with Crippen LogP contribution in [-0.4, -0.2) is 37.0 Å². The van der Waals surface area contributed by atoms with E-state index in [2.05, 4.69) is 140 Å². The number of rotatable bonds is 4. The highest BCUT2D eigenvalue weighted by Crippen LogP contribution is 2.43. The number of hydrogen-bond donors (Lipinski definition) is 0. The van der Waals surface area contributed by atoms with Crippen LogP contribution < -0.4 is 9.13 Å². The molecule has 0 atom stereocenters. The Kier molecular flexibility index (Phi) is 13.3. The minimum absolute atomic E-state index is 0.995. The number of pyridine rings is 2. The van der Waals surface area contributed by atoms with Gasteiger partial charge in [-0.2, -0.15) is 35.5 Å². The van der Waals surface area contributed by atoms with Crippen molar-refractivity contribution in [3.8, 4) is 22.5 Å². The van der Waals surface area contributed by atoms with Gasteiger partial charge in [0.2, 0.25) is 17.1 Å². The van der Waals surface area contributed by atoms with Gasteiger partial charge in [-0.25, -0.2) is 16.8 Å². The smallest absolute Gasteiger partial charge is 0.485 e. The van der Waals surface area contributed by atoms with Gasteiger partial charge >= 0.3 is 11.0 Å². The Morgan fingerprint density at radius 3 is 1.64 bits per heavy atom. The molecule has 0 saturated heterocycles. The fraction of sp³-hybridized carbons (Fsp3) is 0.222. The first-order chi connectivity index (χ1) is 26.0. The Hall–Kier alpha value is -3.24. The molecule has 20 heteroatoms. The van der Waals surface area contributed by atoms with Crippen molar-refractivity contribution in [1.82, 2.24) is 0 Å². The van der Waals surface area contributed by atoms with Crippen LogP contribution in [0.4, 0.5) is 26.3 Å². The van der Waals surface area contributed by atoms with Crippen molar-refractivity contribution >= 4 is 99.1 Å². The molecule has 0 bridgehead atoms. The van der Waals surface area contributed by atoms with E-state index < -0.39 is 31.3 Å². The molecule has 0 spiro atoms. The summed E-state index contributed by atoms with van der Waals surface area (Å²) in [6, 6.07) is 20.0. The summed E-state index contributed by atoms with van der Waals surface area (Å²) in [5.41, 5.74) is 2.66. The standard InChI is InChI=1S/C34H28Br2N2S2.2CHF3O3S/c1-21-22(2)28-16-19-38-24(7-9-26-11-13-32(36)40-26)4-3-5-29(38)33(28)34-27(21)15-18-37-17-14-23(20-30(34)37)6-8-25-10-12-31(35)39-25;2*2-1(3,4)8(5,6)7/h3-14,17,20H,15-16,18-19H2,1-2H3;2*(H,5,6,7)/q+2;;/p-2/b8-6+,9-7+;;. The molecule has 0 amide bonds. The average Bonchev–Trinajstić information content (AvgIpc) is 3.73. The third kappa shape index (κ3) is 10.1. The van der Waals surface area contributed by atoms with Gasteiger partial charge in [0.05, 0.1) is 18.7 Å². The van der Waals surface area contributed by atoms with E-state index in [4.69, 9.17) is 25.9 Å². The zero-order valence-electron chi connectivity index (χ0n) is 28.9. The minimum atomic E-state index is -6.09. The summed E-state index contributed by atoms with van der Waals surface area (Å²) >= 11 is 10.7. The van der Waals surface area contributed by atoms with Crippen molar-refractivity contribution in [2.24, 2.45) is 0 Å². The molecule has 0 aliphatic carbocycles. The van der Waals surface area contributed by atoms with E-state index in [0.29, 0.717) is 0 Å². The minimum Gasteiger partial charge on any atom is -0.741 e. The maximum Gasteiger partial charge on any atom is 0.485 e. The van der Waals surface area contributed by atoms with Gasteiger partial charge in [-0.15, -0.1) is 22.7 Å². The van der Waals surface area contributed by atoms with Gasteiger partial charge in [-0.1, -0.05) is 6.08 Å². The lowest BCUT2D eigenvalue weighted by Gasteiger charge is -2.27. The van der Waals surface area contributed by atoms with E-state index in [9.17, 15) is 26.3 Å². The predicted octanol–water partition coefficient (Wildman–Crippen LogP) is 9.42. The lowest BCUT2D eigenvalue weighted by molar-refractivity contribution is -0.690. The molecule has 8 nitrogen and oxygen atoms in total. The zero-order valence-corrected chi connectivity index (χ0v) is 35.3. The van der Waals surface area contributed by atoms with Crippen LogP contribution in [0.2, 0.25) is 0 Å². The number of fused-ring (bicyclic) bond motifs is 7. The fourth-order valence-electron chi connectivity index (χ4n) is 6.19. The molecule has 5 aromatic rings. The largest absolute Gasteiger partial charge is 0.741 e. The number of nitrogens with zero attached hydrogens (tertiary/aromatic N) is 2. The second kappa shape index (κ2) is 16.9. The highest BCUT2D eigenvalue weighted by Gasteiger charge is 2.38. The fourth-order valence-corrected chi connectivity index (χ4v) is 8.84. The molecule has 0 saturated carbocycles. The summed E-state index contributed by atoms with van der Waals surface area (Å²) in [7, 11) is -12.2. The van der Waals surface area contributed by atoms with Crippen molar-refractivity contribution in [2.45, 2.75) is 50.8 Å². The topological polar surface area (TPSA) is 122 Å². The Labute approximate surface area is 343 Å². The molecule has 2 aliphatic rings. The van der Waals surface area contributed by atoms with Gasteiger partial charge in [0, 0.05) is 52.9 Å². The molecule has 7 rings (SSSR count). The van der Waals surface area contributed by atoms with Gasteiger partial charge in [-0.3, -0.25) is 0 Å². The molecule has 2 aliphatic heterocycles. The molecular formula is C36H28Br2F6N2O6S4. The van der Waals surface area contributed by atoms with Crippen LogP contribution in [-0.2, 0) is 46.2 Å². The Morgan fingerprint density at radius 2 is 1.16 bits per heavy atom. The maximum atomic E-state index is 10.7. The first-order valence-corrected chi connectivity index (χ1v) is 22.1. The van der Waals surface area contributed by atoms with E-state index >= 15 is 0 Å². The van der Waals surface area contributed by atoms with Crippen LogP contribution in [0, 0.1) is 13.8 Å². The summed E-state index contributed by atoms with van der Waals surface area (Å²) in [6.07, 6.45) is 13.4. The lowest BCUT2D eigenvalue weighted by atomic mass is 9.79. The highest BCUT2D eigenvalue weighted by molar-refractivity contribution is 9.11. The van der Waals surface area contributed by atoms with Crippen LogP contribution >= 0.6 is 54.5 Å². The van der Waals surface area contributed by atoms with Crippen molar-refractivity contribution in [3.63, 3.8) is 0 Å². The SMILES string of the molecule is Cc1c(C)c2c(c3c1CC[n+]1ccc(/C=C/c4ccc(Br)s4)cc1-3)-c1cccc(/C=C/c3ccc(Br)s3)[n+]1CC2.O=S(=O)([O-])C(F)(F)F.O=S(=O)([O-])C(F)(F)F. The van der Waals surface area contributed by atoms with Crippen molar-refractivity contribution in [1.29, 1.82) is 0 Å². The second-order valence-corrected chi connectivity index (χ2v) is 20.0. The molecule has 298 valence electrons. The van der Waals surface area contributed by atoms with E-state index in [1.807, 2.05) is 0 Å². The van der Waals surface area contributed by atoms with Crippen LogP contribution in [0.3, 0.4) is 0 Å². The van der Waals surface area contributed by atoms with Gasteiger partial charge in [0.15, 0.2) is 39.5 Å². The second-order valence-electron chi connectivity index (χ2n) is 12.2. The van der Waals surface area contributed by atoms with E-state index in [0.717, 1.165) is 33.5 Å². The van der Waals surface area contributed by atoms with Crippen LogP contribution in [0.15, 0.2) is 68.4 Å². The Bertz CT molecular complexity index is 2510. The lowest BCUT2D eigenvalue weighted by Crippen LogP contribution is -2.45. The number of hydrogen-bond acceptors (Lipinski definition) is 8. The van der Waals surface area contributed by atoms with E-state index in [-0.39, 0.29) is 0 Å². The Balaban J connectivity index is 0.000000317. The van der Waals surface area contributed by atoms with Crippen LogP contribution in [0.5, 0.6) is 0 Å². The van der Waals surface area contributed by atoms with Gasteiger partial charge in [0.25, 0.3) is 0 Å². The monoisotopic (exact) mass is 984 g/mol. The molecule has 1 aromatic carbocycles. The first-order valence-electron chi connectivity index (χ1n) is 16.1. The third-order valence-corrected chi connectivity index (χ3v) is 13.1. The van der Waals surface area contributed by atoms with Crippen LogP contribution in [0.25, 0.3) is 46.8 Å². The highest BCUT2D eigenvalue weighted by atomic mass is 79.9. The van der Waals surface area contributed by atoms with Gasteiger partial charge in [-0.05, 0) is 116 Å². The molecule has 6 heterocycles. The summed E-state index contributed by atoms with van der Waals surface area (Å²) in [4.78, 5) is 2.51. The molecule has 4 aromatic heterocycles. The first kappa shape index (κ1) is 43.9. The molecule has 0 N–H and O–H groups in total. The molecular weight excluding hydrogens is 958 g/mol. The quantitative estimate of drug-likeness (QED) is 0.0766. The normalized spacial score (nSPS) is 13.9. The van der Waals surface area contributed by atoms with Crippen LogP contribution in [0.1, 0.15) is 43.3 Å². The average molecular weight is 987 g/mol. The molecule has 0 fully saturated rings. The summed E-state index contributed by atoms with van der Waals surface area (Å²) in [5.74, 6) is 0. The predicted molar refractivity (Wildman–Crippen MR) is 208 cm³/mol. The number of thiophene rings is 2. The molecule has 0 unspecified atom stereocenters. The van der Waals surface area contributed by atoms with Crippen molar-refractivity contribution in [2.75, 3.05) is 0 Å². The summed E-state index contributed by atoms with van der Waals surface area (Å²) in [6.45, 7) is 6.69. The van der Waals surface area contributed by atoms with Gasteiger partial charge in [0.1, 0.15) is 0 Å². The summed E-state index contributed by atoms with van der Waals surface area (Å²) in [5, 5.41) is 0. The van der Waals surface area contributed by atoms with E-state index in [1.165, 1.54) is 65.8 Å². The Morgan fingerprint density at radius 1 is 0.679 bits per heavy atom. The molecule has 0 radical (unpaired) electrons. The number of aryl methyl sites for hydroxylation is 1. The van der Waals surface area contributed by atoms with Crippen molar-refractivity contribution in [3.05, 3.63) is 112 Å². The summed E-state index contributed by atoms with van der Waals surface area (Å²) < 4.78 is 125.